The molecule has 2 N–H and O–H groups in total. The Balaban J connectivity index is 1.46. The number of piperidine rings is 1. The van der Waals surface area contributed by atoms with Gasteiger partial charge in [0.05, 0.1) is 6.61 Å². The number of aromatic nitrogens is 1. The Morgan fingerprint density at radius 3 is 3.07 bits per heavy atom. The average Bonchev–Trinajstić information content (AvgIpc) is 3.04. The van der Waals surface area contributed by atoms with E-state index in [0.717, 1.165) is 49.6 Å². The summed E-state index contributed by atoms with van der Waals surface area (Å²) in [6.07, 6.45) is 2.38. The molecular weight excluding hydrogens is 340 g/mol. The third-order valence-electron chi connectivity index (χ3n) is 5.36. The number of likely N-dealkylation sites (tertiary alicyclic amines) is 1. The van der Waals surface area contributed by atoms with Crippen molar-refractivity contribution in [2.75, 3.05) is 46.9 Å². The molecule has 148 valence electrons. The Labute approximate surface area is 161 Å². The Morgan fingerprint density at radius 2 is 2.26 bits per heavy atom. The fourth-order valence-corrected chi connectivity index (χ4v) is 3.94. The van der Waals surface area contributed by atoms with Gasteiger partial charge in [0.25, 0.3) is 0 Å². The maximum absolute atomic E-state index is 12.5. The van der Waals surface area contributed by atoms with Gasteiger partial charge in [-0.15, -0.1) is 0 Å². The quantitative estimate of drug-likeness (QED) is 0.785. The molecule has 1 atom stereocenters. The van der Waals surface area contributed by atoms with Crippen LogP contribution in [0.15, 0.2) is 24.3 Å². The van der Waals surface area contributed by atoms with E-state index in [1.807, 2.05) is 11.9 Å². The lowest BCUT2D eigenvalue weighted by Gasteiger charge is -2.34. The standard InChI is InChI=1S/C21H32N4O2/c1-16-11-19-12-17(6-7-20(19)23-16)13-22-21(26)24(2)14-18-5-4-8-25(15-18)9-10-27-3/h6-7,11-12,18,23H,4-5,8-10,13-15H2,1-3H3,(H,22,26)/t18-/m1/s1. The zero-order valence-corrected chi connectivity index (χ0v) is 16.8. The number of H-pyrrole nitrogens is 1. The highest BCUT2D eigenvalue weighted by Crippen LogP contribution is 2.18. The Kier molecular flexibility index (Phi) is 6.74. The van der Waals surface area contributed by atoms with Gasteiger partial charge >= 0.3 is 6.03 Å². The first kappa shape index (κ1) is 19.7. The number of aromatic amines is 1. The monoisotopic (exact) mass is 372 g/mol. The van der Waals surface area contributed by atoms with Gasteiger partial charge in [-0.25, -0.2) is 4.79 Å². The summed E-state index contributed by atoms with van der Waals surface area (Å²) in [6, 6.07) is 8.39. The number of fused-ring (bicyclic) bond motifs is 1. The van der Waals surface area contributed by atoms with Crippen LogP contribution in [0.3, 0.4) is 0 Å². The first-order valence-corrected chi connectivity index (χ1v) is 9.83. The molecule has 0 bridgehead atoms. The summed E-state index contributed by atoms with van der Waals surface area (Å²) < 4.78 is 5.18. The number of nitrogens with one attached hydrogen (secondary N) is 2. The molecule has 0 unspecified atom stereocenters. The van der Waals surface area contributed by atoms with Crippen LogP contribution in [0.4, 0.5) is 4.79 Å². The molecule has 0 saturated carbocycles. The average molecular weight is 373 g/mol. The first-order valence-electron chi connectivity index (χ1n) is 9.83. The molecule has 2 amide bonds. The topological polar surface area (TPSA) is 60.6 Å². The zero-order chi connectivity index (χ0) is 19.2. The zero-order valence-electron chi connectivity index (χ0n) is 16.8. The van der Waals surface area contributed by atoms with E-state index in [1.54, 1.807) is 7.11 Å². The molecule has 3 rings (SSSR count). The smallest absolute Gasteiger partial charge is 0.317 e. The van der Waals surface area contributed by atoms with Gasteiger partial charge in [-0.3, -0.25) is 0 Å². The van der Waals surface area contributed by atoms with Gasteiger partial charge < -0.3 is 24.8 Å². The molecule has 1 aromatic heterocycles. The molecule has 1 aliphatic heterocycles. The van der Waals surface area contributed by atoms with E-state index < -0.39 is 0 Å². The Hall–Kier alpha value is -2.05. The highest BCUT2D eigenvalue weighted by Gasteiger charge is 2.22. The molecule has 6 nitrogen and oxygen atoms in total. The molecule has 1 fully saturated rings. The van der Waals surface area contributed by atoms with E-state index >= 15 is 0 Å². The predicted octanol–water partition coefficient (Wildman–Crippen LogP) is 2.98. The molecule has 2 aromatic rings. The number of rotatable bonds is 7. The summed E-state index contributed by atoms with van der Waals surface area (Å²) in [4.78, 5) is 20.1. The summed E-state index contributed by atoms with van der Waals surface area (Å²) in [5, 5.41) is 4.23. The van der Waals surface area contributed by atoms with Crippen LogP contribution in [0.2, 0.25) is 0 Å². The fourth-order valence-electron chi connectivity index (χ4n) is 3.94. The minimum Gasteiger partial charge on any atom is -0.383 e. The predicted molar refractivity (Wildman–Crippen MR) is 109 cm³/mol. The first-order chi connectivity index (χ1) is 13.0. The van der Waals surface area contributed by atoms with Gasteiger partial charge in [0.1, 0.15) is 0 Å². The lowest BCUT2D eigenvalue weighted by Crippen LogP contribution is -2.45. The molecule has 2 heterocycles. The number of hydrogen-bond acceptors (Lipinski definition) is 3. The summed E-state index contributed by atoms with van der Waals surface area (Å²) in [6.45, 7) is 7.33. The molecule has 27 heavy (non-hydrogen) atoms. The number of amides is 2. The van der Waals surface area contributed by atoms with Crippen molar-refractivity contribution < 1.29 is 9.53 Å². The van der Waals surface area contributed by atoms with Crippen LogP contribution in [-0.4, -0.2) is 67.8 Å². The molecule has 1 aliphatic rings. The highest BCUT2D eigenvalue weighted by atomic mass is 16.5. The van der Waals surface area contributed by atoms with Crippen molar-refractivity contribution >= 4 is 16.9 Å². The van der Waals surface area contributed by atoms with Crippen LogP contribution >= 0.6 is 0 Å². The van der Waals surface area contributed by atoms with Crippen molar-refractivity contribution in [2.45, 2.75) is 26.3 Å². The summed E-state index contributed by atoms with van der Waals surface area (Å²) in [5.74, 6) is 0.533. The SMILES string of the molecule is COCCN1CCC[C@H](CN(C)C(=O)NCc2ccc3[nH]c(C)cc3c2)C1. The normalized spacial score (nSPS) is 18.0. The van der Waals surface area contributed by atoms with Crippen molar-refractivity contribution in [3.8, 4) is 0 Å². The molecule has 6 heteroatoms. The van der Waals surface area contributed by atoms with Gasteiger partial charge in [0, 0.05) is 51.5 Å². The van der Waals surface area contributed by atoms with Gasteiger partial charge in [-0.1, -0.05) is 6.07 Å². The number of benzene rings is 1. The van der Waals surface area contributed by atoms with Crippen molar-refractivity contribution in [2.24, 2.45) is 5.92 Å². The third kappa shape index (κ3) is 5.47. The van der Waals surface area contributed by atoms with Crippen molar-refractivity contribution in [3.63, 3.8) is 0 Å². The summed E-state index contributed by atoms with van der Waals surface area (Å²) in [5.41, 5.74) is 3.40. The van der Waals surface area contributed by atoms with E-state index in [9.17, 15) is 4.79 Å². The largest absolute Gasteiger partial charge is 0.383 e. The van der Waals surface area contributed by atoms with E-state index in [-0.39, 0.29) is 6.03 Å². The minimum absolute atomic E-state index is 0.00522. The maximum Gasteiger partial charge on any atom is 0.317 e. The number of nitrogens with zero attached hydrogens (tertiary/aromatic N) is 2. The fraction of sp³-hybridized carbons (Fsp3) is 0.571. The lowest BCUT2D eigenvalue weighted by atomic mass is 9.97. The molecule has 1 saturated heterocycles. The highest BCUT2D eigenvalue weighted by molar-refractivity contribution is 5.81. The van der Waals surface area contributed by atoms with E-state index in [1.165, 1.54) is 18.2 Å². The molecule has 0 spiro atoms. The van der Waals surface area contributed by atoms with E-state index in [4.69, 9.17) is 4.74 Å². The number of methoxy groups -OCH3 is 1. The Bertz CT molecular complexity index is 758. The number of carbonyl (C=O) groups excluding carboxylic acids is 1. The van der Waals surface area contributed by atoms with Crippen LogP contribution in [-0.2, 0) is 11.3 Å². The molecule has 0 aliphatic carbocycles. The van der Waals surface area contributed by atoms with Crippen molar-refractivity contribution in [1.82, 2.24) is 20.1 Å². The molecule has 1 aromatic carbocycles. The number of urea groups is 1. The number of hydrogen-bond donors (Lipinski definition) is 2. The summed E-state index contributed by atoms with van der Waals surface area (Å²) in [7, 11) is 3.64. The van der Waals surface area contributed by atoms with Crippen LogP contribution < -0.4 is 5.32 Å². The second-order valence-electron chi connectivity index (χ2n) is 7.71. The molecule has 0 radical (unpaired) electrons. The lowest BCUT2D eigenvalue weighted by molar-refractivity contribution is 0.105. The van der Waals surface area contributed by atoms with Crippen LogP contribution in [0.1, 0.15) is 24.1 Å². The molecular formula is C21H32N4O2. The van der Waals surface area contributed by atoms with Crippen LogP contribution in [0.25, 0.3) is 10.9 Å². The van der Waals surface area contributed by atoms with Gasteiger partial charge in [-0.05, 0) is 61.4 Å². The van der Waals surface area contributed by atoms with E-state index in [0.29, 0.717) is 12.5 Å². The van der Waals surface area contributed by atoms with E-state index in [2.05, 4.69) is 46.4 Å². The third-order valence-corrected chi connectivity index (χ3v) is 5.36. The maximum atomic E-state index is 12.5. The van der Waals surface area contributed by atoms with Crippen LogP contribution in [0.5, 0.6) is 0 Å². The second kappa shape index (κ2) is 9.24. The van der Waals surface area contributed by atoms with Crippen molar-refractivity contribution in [3.05, 3.63) is 35.5 Å². The number of aryl methyl sites for hydroxylation is 1. The van der Waals surface area contributed by atoms with Gasteiger partial charge in [0.15, 0.2) is 0 Å². The number of carbonyl (C=O) groups is 1. The number of ether oxygens (including phenoxy) is 1. The summed E-state index contributed by atoms with van der Waals surface area (Å²) >= 11 is 0. The minimum atomic E-state index is -0.00522. The second-order valence-corrected chi connectivity index (χ2v) is 7.71. The Morgan fingerprint density at radius 1 is 1.41 bits per heavy atom. The van der Waals surface area contributed by atoms with Crippen molar-refractivity contribution in [1.29, 1.82) is 0 Å². The van der Waals surface area contributed by atoms with Gasteiger partial charge in [0.2, 0.25) is 0 Å². The van der Waals surface area contributed by atoms with Gasteiger partial charge in [-0.2, -0.15) is 0 Å². The van der Waals surface area contributed by atoms with Crippen LogP contribution in [0, 0.1) is 12.8 Å².